The third kappa shape index (κ3) is 7.23. The maximum atomic E-state index is 12.9. The van der Waals surface area contributed by atoms with Crippen molar-refractivity contribution in [1.82, 2.24) is 4.98 Å². The number of ether oxygens (including phenoxy) is 3. The minimum absolute atomic E-state index is 0.0921. The fourth-order valence-corrected chi connectivity index (χ4v) is 4.66. The zero-order valence-electron chi connectivity index (χ0n) is 20.6. The van der Waals surface area contributed by atoms with E-state index < -0.39 is 11.9 Å². The second-order valence-electron chi connectivity index (χ2n) is 8.27. The number of nitrogens with zero attached hydrogens (tertiary/aromatic N) is 1. The van der Waals surface area contributed by atoms with Gasteiger partial charge in [-0.2, -0.15) is 0 Å². The van der Waals surface area contributed by atoms with E-state index in [1.807, 2.05) is 23.6 Å². The number of carboxylic acid groups (broad SMARTS) is 1. The highest BCUT2D eigenvalue weighted by Gasteiger charge is 2.18. The van der Waals surface area contributed by atoms with Gasteiger partial charge < -0.3 is 19.3 Å². The molecule has 1 heterocycles. The van der Waals surface area contributed by atoms with Gasteiger partial charge in [0, 0.05) is 34.2 Å². The highest BCUT2D eigenvalue weighted by atomic mass is 35.5. The number of methoxy groups -OCH3 is 2. The average molecular weight is 565 g/mol. The van der Waals surface area contributed by atoms with Gasteiger partial charge in [0.05, 0.1) is 36.6 Å². The summed E-state index contributed by atoms with van der Waals surface area (Å²) in [7, 11) is 2.82. The molecule has 37 heavy (non-hydrogen) atoms. The van der Waals surface area contributed by atoms with Gasteiger partial charge in [-0.1, -0.05) is 49.2 Å². The Balaban J connectivity index is 1.80. The van der Waals surface area contributed by atoms with Crippen molar-refractivity contribution in [3.63, 3.8) is 0 Å². The molecule has 8 nitrogen and oxygen atoms in total. The van der Waals surface area contributed by atoms with Crippen LogP contribution in [-0.2, 0) is 20.9 Å². The van der Waals surface area contributed by atoms with E-state index >= 15 is 0 Å². The molecule has 0 saturated carbocycles. The van der Waals surface area contributed by atoms with Crippen molar-refractivity contribution < 1.29 is 28.9 Å². The number of para-hydroxylation sites is 1. The van der Waals surface area contributed by atoms with Crippen molar-refractivity contribution >= 4 is 57.6 Å². The van der Waals surface area contributed by atoms with Crippen LogP contribution in [0.5, 0.6) is 5.75 Å². The summed E-state index contributed by atoms with van der Waals surface area (Å²) in [5.74, 6) is -1.02. The molecular formula is C26H26Cl2N2O6S. The lowest BCUT2D eigenvalue weighted by molar-refractivity contribution is -0.135. The van der Waals surface area contributed by atoms with Crippen molar-refractivity contribution in [2.24, 2.45) is 5.92 Å². The van der Waals surface area contributed by atoms with E-state index in [0.29, 0.717) is 35.7 Å². The molecule has 0 saturated heterocycles. The van der Waals surface area contributed by atoms with Crippen molar-refractivity contribution in [2.45, 2.75) is 20.5 Å². The van der Waals surface area contributed by atoms with Gasteiger partial charge in [-0.25, -0.2) is 9.78 Å². The Kier molecular flexibility index (Phi) is 9.93. The number of benzene rings is 2. The smallest absolute Gasteiger partial charge is 0.371 e. The van der Waals surface area contributed by atoms with E-state index in [1.54, 1.807) is 7.11 Å². The SMILES string of the molecule is COC(=Cc1c(Cl)cc(C(=O)Nc2nc(-c3cccc(COCC(C)C)c3OC)cs2)cc1Cl)C(=O)O. The topological polar surface area (TPSA) is 107 Å². The van der Waals surface area contributed by atoms with E-state index in [1.165, 1.54) is 36.7 Å². The minimum Gasteiger partial charge on any atom is -0.496 e. The van der Waals surface area contributed by atoms with Crippen molar-refractivity contribution in [2.75, 3.05) is 26.1 Å². The number of carboxylic acids is 1. The van der Waals surface area contributed by atoms with E-state index in [4.69, 9.17) is 42.5 Å². The molecule has 0 aliphatic carbocycles. The number of anilines is 1. The van der Waals surface area contributed by atoms with E-state index in [0.717, 1.165) is 11.1 Å². The number of carbonyl (C=O) groups is 2. The number of rotatable bonds is 11. The lowest BCUT2D eigenvalue weighted by Gasteiger charge is -2.13. The first kappa shape index (κ1) is 28.5. The first-order valence-corrected chi connectivity index (χ1v) is 12.8. The highest BCUT2D eigenvalue weighted by molar-refractivity contribution is 7.14. The van der Waals surface area contributed by atoms with Crippen LogP contribution in [0.4, 0.5) is 5.13 Å². The Morgan fingerprint density at radius 1 is 1.19 bits per heavy atom. The number of nitrogens with one attached hydrogen (secondary N) is 1. The Morgan fingerprint density at radius 2 is 1.89 bits per heavy atom. The van der Waals surface area contributed by atoms with Gasteiger partial charge in [0.15, 0.2) is 5.13 Å². The number of aromatic nitrogens is 1. The predicted molar refractivity (Wildman–Crippen MR) is 146 cm³/mol. The minimum atomic E-state index is -1.28. The van der Waals surface area contributed by atoms with Gasteiger partial charge in [0.1, 0.15) is 5.75 Å². The third-order valence-electron chi connectivity index (χ3n) is 5.06. The molecule has 0 bridgehead atoms. The molecule has 0 radical (unpaired) electrons. The predicted octanol–water partition coefficient (Wildman–Crippen LogP) is 6.62. The number of thiazole rings is 1. The summed E-state index contributed by atoms with van der Waals surface area (Å²) >= 11 is 13.8. The zero-order chi connectivity index (χ0) is 27.1. The molecule has 2 N–H and O–H groups in total. The van der Waals surface area contributed by atoms with Crippen LogP contribution < -0.4 is 10.1 Å². The van der Waals surface area contributed by atoms with Gasteiger partial charge in [-0.15, -0.1) is 11.3 Å². The zero-order valence-corrected chi connectivity index (χ0v) is 23.0. The Hall–Kier alpha value is -3.11. The molecule has 0 fully saturated rings. The fourth-order valence-electron chi connectivity index (χ4n) is 3.36. The van der Waals surface area contributed by atoms with Crippen molar-refractivity contribution in [3.8, 4) is 17.0 Å². The summed E-state index contributed by atoms with van der Waals surface area (Å²) in [6.45, 7) is 5.22. The maximum absolute atomic E-state index is 12.9. The lowest BCUT2D eigenvalue weighted by atomic mass is 10.1. The van der Waals surface area contributed by atoms with E-state index in [9.17, 15) is 9.59 Å². The number of carbonyl (C=O) groups excluding carboxylic acids is 1. The number of amides is 1. The molecule has 11 heteroatoms. The second kappa shape index (κ2) is 12.9. The number of aliphatic carboxylic acids is 1. The molecular weight excluding hydrogens is 539 g/mol. The second-order valence-corrected chi connectivity index (χ2v) is 9.94. The van der Waals surface area contributed by atoms with Crippen LogP contribution >= 0.6 is 34.5 Å². The first-order valence-electron chi connectivity index (χ1n) is 11.1. The summed E-state index contributed by atoms with van der Waals surface area (Å²) < 4.78 is 16.2. The standard InChI is InChI=1S/C26H26Cl2N2O6S/c1-14(2)11-36-12-15-6-5-7-17(23(15)35-4)21-13-37-26(29-21)30-24(31)16-8-19(27)18(20(28)9-16)10-22(34-3)25(32)33/h5-10,13-14H,11-12H2,1-4H3,(H,32,33)(H,29,30,31). The normalized spacial score (nSPS) is 11.5. The maximum Gasteiger partial charge on any atom is 0.371 e. The Labute approximate surface area is 228 Å². The fraction of sp³-hybridized carbons (Fsp3) is 0.269. The molecule has 0 aliphatic rings. The van der Waals surface area contributed by atoms with Crippen LogP contribution in [0.25, 0.3) is 17.3 Å². The van der Waals surface area contributed by atoms with Crippen LogP contribution in [0.3, 0.4) is 0 Å². The highest BCUT2D eigenvalue weighted by Crippen LogP contribution is 2.36. The molecule has 0 unspecified atom stereocenters. The quantitative estimate of drug-likeness (QED) is 0.199. The molecule has 1 amide bonds. The summed E-state index contributed by atoms with van der Waals surface area (Å²) in [6, 6.07) is 8.52. The largest absolute Gasteiger partial charge is 0.496 e. The molecule has 0 atom stereocenters. The Bertz CT molecular complexity index is 1300. The summed E-state index contributed by atoms with van der Waals surface area (Å²) in [4.78, 5) is 28.6. The molecule has 0 spiro atoms. The first-order chi connectivity index (χ1) is 17.6. The van der Waals surface area contributed by atoms with Crippen LogP contribution in [-0.4, -0.2) is 42.8 Å². The summed E-state index contributed by atoms with van der Waals surface area (Å²) in [6.07, 6.45) is 1.19. The van der Waals surface area contributed by atoms with Crippen LogP contribution in [0, 0.1) is 5.92 Å². The molecule has 2 aromatic carbocycles. The van der Waals surface area contributed by atoms with Gasteiger partial charge in [0.25, 0.3) is 5.91 Å². The number of halogens is 2. The van der Waals surface area contributed by atoms with Crippen LogP contribution in [0.1, 0.15) is 35.3 Å². The van der Waals surface area contributed by atoms with Gasteiger partial charge >= 0.3 is 5.97 Å². The van der Waals surface area contributed by atoms with Crippen molar-refractivity contribution in [1.29, 1.82) is 0 Å². The van der Waals surface area contributed by atoms with Gasteiger partial charge in [-0.3, -0.25) is 10.1 Å². The Morgan fingerprint density at radius 3 is 2.49 bits per heavy atom. The molecule has 3 rings (SSSR count). The number of hydrogen-bond acceptors (Lipinski definition) is 7. The van der Waals surface area contributed by atoms with E-state index in [2.05, 4.69) is 24.1 Å². The van der Waals surface area contributed by atoms with Crippen LogP contribution in [0.2, 0.25) is 10.0 Å². The summed E-state index contributed by atoms with van der Waals surface area (Å²) in [5, 5.41) is 14.3. The van der Waals surface area contributed by atoms with Gasteiger partial charge in [0.2, 0.25) is 5.76 Å². The van der Waals surface area contributed by atoms with E-state index in [-0.39, 0.29) is 26.9 Å². The monoisotopic (exact) mass is 564 g/mol. The van der Waals surface area contributed by atoms with Crippen LogP contribution in [0.15, 0.2) is 41.5 Å². The molecule has 3 aromatic rings. The molecule has 0 aliphatic heterocycles. The third-order valence-corrected chi connectivity index (χ3v) is 6.44. The van der Waals surface area contributed by atoms with Gasteiger partial charge in [-0.05, 0) is 30.2 Å². The van der Waals surface area contributed by atoms with Crippen molar-refractivity contribution in [3.05, 3.63) is 68.2 Å². The average Bonchev–Trinajstić information content (AvgIpc) is 3.31. The molecule has 196 valence electrons. The molecule has 1 aromatic heterocycles. The summed E-state index contributed by atoms with van der Waals surface area (Å²) in [5.41, 5.74) is 2.72. The number of hydrogen-bond donors (Lipinski definition) is 2. The lowest BCUT2D eigenvalue weighted by Crippen LogP contribution is -2.12.